The van der Waals surface area contributed by atoms with Crippen LogP contribution in [0.3, 0.4) is 0 Å². The summed E-state index contributed by atoms with van der Waals surface area (Å²) in [5.74, 6) is 0. The fraction of sp³-hybridized carbons (Fsp3) is 0.200. The van der Waals surface area contributed by atoms with E-state index in [0.29, 0.717) is 5.71 Å². The zero-order valence-corrected chi connectivity index (χ0v) is 13.6. The van der Waals surface area contributed by atoms with Crippen molar-refractivity contribution in [3.8, 4) is 11.3 Å². The van der Waals surface area contributed by atoms with Crippen LogP contribution in [-0.4, -0.2) is 4.98 Å². The molecule has 0 amide bonds. The highest BCUT2D eigenvalue weighted by atomic mass is 16.3. The number of fused-ring (bicyclic) bond motifs is 3. The Morgan fingerprint density at radius 2 is 2.00 bits per heavy atom. The van der Waals surface area contributed by atoms with Crippen LogP contribution >= 0.6 is 0 Å². The van der Waals surface area contributed by atoms with Gasteiger partial charge in [0.1, 0.15) is 12.6 Å². The number of benzene rings is 1. The Balaban J connectivity index is 1.97. The highest BCUT2D eigenvalue weighted by Gasteiger charge is 2.16. The van der Waals surface area contributed by atoms with Gasteiger partial charge in [0.15, 0.2) is 6.20 Å². The summed E-state index contributed by atoms with van der Waals surface area (Å²) in [7, 11) is 2.10. The molecule has 3 nitrogen and oxygen atoms in total. The van der Waals surface area contributed by atoms with Crippen LogP contribution in [0.5, 0.6) is 0 Å². The normalized spacial score (nSPS) is 11.4. The molecule has 3 aromatic heterocycles. The Kier molecular flexibility index (Phi) is 3.15. The van der Waals surface area contributed by atoms with E-state index in [1.54, 1.807) is 6.20 Å². The minimum absolute atomic E-state index is 0.699. The van der Waals surface area contributed by atoms with Gasteiger partial charge in [-0.25, -0.2) is 9.55 Å². The third kappa shape index (κ3) is 2.20. The lowest BCUT2D eigenvalue weighted by atomic mass is 10.0. The molecule has 23 heavy (non-hydrogen) atoms. The van der Waals surface area contributed by atoms with E-state index < -0.39 is 0 Å². The van der Waals surface area contributed by atoms with Crippen LogP contribution in [0.25, 0.3) is 33.3 Å². The van der Waals surface area contributed by atoms with Crippen LogP contribution < -0.4 is 4.57 Å². The second kappa shape index (κ2) is 5.20. The molecule has 0 saturated heterocycles. The van der Waals surface area contributed by atoms with Gasteiger partial charge in [-0.05, 0) is 49.2 Å². The van der Waals surface area contributed by atoms with Crippen molar-refractivity contribution in [3.63, 3.8) is 0 Å². The molecule has 0 unspecified atom stereocenters. The summed E-state index contributed by atoms with van der Waals surface area (Å²) in [6.07, 6.45) is 5.00. The summed E-state index contributed by atoms with van der Waals surface area (Å²) in [5.41, 5.74) is 6.55. The molecule has 0 radical (unpaired) electrons. The number of nitrogens with zero attached hydrogens (tertiary/aromatic N) is 2. The monoisotopic (exact) mass is 303 g/mol. The SMILES string of the molecule is CCc1ccc(-c2cc3oc4ncccc4c3cc2C)[n+](C)c1. The second-order valence-corrected chi connectivity index (χ2v) is 6.01. The Labute approximate surface area is 135 Å². The van der Waals surface area contributed by atoms with Crippen molar-refractivity contribution in [1.29, 1.82) is 0 Å². The van der Waals surface area contributed by atoms with Gasteiger partial charge < -0.3 is 4.42 Å². The lowest BCUT2D eigenvalue weighted by molar-refractivity contribution is -0.660. The molecule has 0 atom stereocenters. The summed E-state index contributed by atoms with van der Waals surface area (Å²) in [4.78, 5) is 4.32. The fourth-order valence-corrected chi connectivity index (χ4v) is 3.19. The minimum atomic E-state index is 0.699. The summed E-state index contributed by atoms with van der Waals surface area (Å²) in [6.45, 7) is 4.32. The molecule has 0 saturated carbocycles. The molecule has 0 aliphatic carbocycles. The molecule has 114 valence electrons. The molecule has 0 N–H and O–H groups in total. The molecule has 0 fully saturated rings. The maximum absolute atomic E-state index is 5.93. The number of hydrogen-bond donors (Lipinski definition) is 0. The van der Waals surface area contributed by atoms with Gasteiger partial charge in [0.05, 0.1) is 5.56 Å². The number of aryl methyl sites for hydroxylation is 3. The maximum Gasteiger partial charge on any atom is 0.227 e. The van der Waals surface area contributed by atoms with Crippen LogP contribution in [0.15, 0.2) is 53.2 Å². The van der Waals surface area contributed by atoms with Gasteiger partial charge in [-0.1, -0.05) is 6.92 Å². The Hall–Kier alpha value is -2.68. The molecule has 4 rings (SSSR count). The summed E-state index contributed by atoms with van der Waals surface area (Å²) in [6, 6.07) is 12.7. The van der Waals surface area contributed by atoms with Crippen LogP contribution in [-0.2, 0) is 13.5 Å². The molecular weight excluding hydrogens is 284 g/mol. The Bertz CT molecular complexity index is 1030. The first-order valence-corrected chi connectivity index (χ1v) is 7.94. The van der Waals surface area contributed by atoms with E-state index in [-0.39, 0.29) is 0 Å². The van der Waals surface area contributed by atoms with Crippen molar-refractivity contribution in [2.24, 2.45) is 7.05 Å². The first-order chi connectivity index (χ1) is 11.2. The quantitative estimate of drug-likeness (QED) is 0.515. The number of pyridine rings is 2. The summed E-state index contributed by atoms with van der Waals surface area (Å²) >= 11 is 0. The van der Waals surface area contributed by atoms with E-state index in [4.69, 9.17) is 4.42 Å². The van der Waals surface area contributed by atoms with Gasteiger partial charge in [-0.2, -0.15) is 0 Å². The molecule has 0 spiro atoms. The van der Waals surface area contributed by atoms with E-state index in [9.17, 15) is 0 Å². The highest BCUT2D eigenvalue weighted by Crippen LogP contribution is 2.32. The standard InChI is InChI=1S/C20H19N2O/c1-4-14-7-8-18(22(3)12-14)16-11-19-17(10-13(16)2)15-6-5-9-21-20(15)23-19/h5-12H,4H2,1-3H3/q+1. The van der Waals surface area contributed by atoms with Crippen LogP contribution in [0.1, 0.15) is 18.1 Å². The van der Waals surface area contributed by atoms with Gasteiger partial charge in [-0.3, -0.25) is 0 Å². The summed E-state index contributed by atoms with van der Waals surface area (Å²) < 4.78 is 8.12. The molecule has 1 aromatic carbocycles. The Morgan fingerprint density at radius 1 is 1.13 bits per heavy atom. The first kappa shape index (κ1) is 13.9. The molecule has 0 bridgehead atoms. The zero-order valence-electron chi connectivity index (χ0n) is 13.6. The first-order valence-electron chi connectivity index (χ1n) is 7.94. The smallest absolute Gasteiger partial charge is 0.227 e. The second-order valence-electron chi connectivity index (χ2n) is 6.01. The Morgan fingerprint density at radius 3 is 2.78 bits per heavy atom. The van der Waals surface area contributed by atoms with E-state index in [1.165, 1.54) is 22.4 Å². The van der Waals surface area contributed by atoms with Crippen molar-refractivity contribution >= 4 is 22.1 Å². The third-order valence-corrected chi connectivity index (χ3v) is 4.47. The van der Waals surface area contributed by atoms with E-state index in [2.05, 4.69) is 67.0 Å². The minimum Gasteiger partial charge on any atom is -0.438 e. The number of aromatic nitrogens is 2. The predicted molar refractivity (Wildman–Crippen MR) is 92.2 cm³/mol. The lowest BCUT2D eigenvalue weighted by Gasteiger charge is -2.05. The lowest BCUT2D eigenvalue weighted by Crippen LogP contribution is -2.31. The van der Waals surface area contributed by atoms with E-state index in [0.717, 1.165) is 22.8 Å². The largest absolute Gasteiger partial charge is 0.438 e. The van der Waals surface area contributed by atoms with Gasteiger partial charge in [0.25, 0.3) is 0 Å². The van der Waals surface area contributed by atoms with E-state index >= 15 is 0 Å². The van der Waals surface area contributed by atoms with Crippen LogP contribution in [0.2, 0.25) is 0 Å². The molecule has 0 aliphatic rings. The van der Waals surface area contributed by atoms with Gasteiger partial charge in [0, 0.05) is 28.6 Å². The van der Waals surface area contributed by atoms with E-state index in [1.807, 2.05) is 6.07 Å². The molecule has 0 aliphatic heterocycles. The van der Waals surface area contributed by atoms with Gasteiger partial charge >= 0.3 is 0 Å². The molecule has 4 aromatic rings. The van der Waals surface area contributed by atoms with Gasteiger partial charge in [0.2, 0.25) is 11.4 Å². The number of rotatable bonds is 2. The fourth-order valence-electron chi connectivity index (χ4n) is 3.19. The topological polar surface area (TPSA) is 29.9 Å². The maximum atomic E-state index is 5.93. The van der Waals surface area contributed by atoms with Crippen molar-refractivity contribution in [2.45, 2.75) is 20.3 Å². The number of hydrogen-bond acceptors (Lipinski definition) is 2. The molecular formula is C20H19N2O+. The van der Waals surface area contributed by atoms with Crippen molar-refractivity contribution in [3.05, 3.63) is 59.9 Å². The predicted octanol–water partition coefficient (Wildman–Crippen LogP) is 4.34. The molecule has 3 heteroatoms. The van der Waals surface area contributed by atoms with Crippen LogP contribution in [0.4, 0.5) is 0 Å². The summed E-state index contributed by atoms with van der Waals surface area (Å²) in [5, 5.41) is 2.20. The molecule has 3 heterocycles. The van der Waals surface area contributed by atoms with Crippen molar-refractivity contribution in [1.82, 2.24) is 4.98 Å². The van der Waals surface area contributed by atoms with Crippen LogP contribution in [0, 0.1) is 6.92 Å². The number of furan rings is 1. The van der Waals surface area contributed by atoms with Gasteiger partial charge in [-0.15, -0.1) is 0 Å². The van der Waals surface area contributed by atoms with Crippen molar-refractivity contribution in [2.75, 3.05) is 0 Å². The zero-order chi connectivity index (χ0) is 16.0. The average Bonchev–Trinajstić information content (AvgIpc) is 2.92. The highest BCUT2D eigenvalue weighted by molar-refractivity contribution is 6.05. The third-order valence-electron chi connectivity index (χ3n) is 4.47. The van der Waals surface area contributed by atoms with Crippen molar-refractivity contribution < 1.29 is 8.98 Å². The average molecular weight is 303 g/mol.